The van der Waals surface area contributed by atoms with Gasteiger partial charge in [-0.1, -0.05) is 48.2 Å². The van der Waals surface area contributed by atoms with Crippen LogP contribution in [0.4, 0.5) is 0 Å². The van der Waals surface area contributed by atoms with Crippen molar-refractivity contribution in [2.24, 2.45) is 0 Å². The normalized spacial score (nSPS) is 9.67. The molecule has 0 aromatic heterocycles. The Morgan fingerprint density at radius 2 is 1.80 bits per heavy atom. The molecule has 0 spiro atoms. The third-order valence-corrected chi connectivity index (χ3v) is 2.42. The standard InChI is InChI=1S/C14H11Cl/c15-11-4-3-7-13-9-5-8-12-6-1-2-10-14(12)13/h1-2,5-6,8-10H,4,11H2. The van der Waals surface area contributed by atoms with Gasteiger partial charge in [0.2, 0.25) is 0 Å². The Kier molecular flexibility index (Phi) is 3.27. The van der Waals surface area contributed by atoms with Gasteiger partial charge in [-0.05, 0) is 16.8 Å². The molecule has 0 saturated carbocycles. The van der Waals surface area contributed by atoms with Gasteiger partial charge in [0.05, 0.1) is 0 Å². The zero-order chi connectivity index (χ0) is 10.5. The summed E-state index contributed by atoms with van der Waals surface area (Å²) in [6, 6.07) is 14.5. The monoisotopic (exact) mass is 214 g/mol. The van der Waals surface area contributed by atoms with E-state index >= 15 is 0 Å². The molecule has 0 amide bonds. The molecular formula is C14H11Cl. The van der Waals surface area contributed by atoms with E-state index < -0.39 is 0 Å². The second-order valence-electron chi connectivity index (χ2n) is 3.27. The van der Waals surface area contributed by atoms with Crippen LogP contribution in [0.25, 0.3) is 10.8 Å². The summed E-state index contributed by atoms with van der Waals surface area (Å²) in [5.41, 5.74) is 1.08. The van der Waals surface area contributed by atoms with E-state index in [0.29, 0.717) is 5.88 Å². The average Bonchev–Trinajstić information content (AvgIpc) is 2.30. The highest BCUT2D eigenvalue weighted by Crippen LogP contribution is 2.17. The lowest BCUT2D eigenvalue weighted by atomic mass is 10.1. The summed E-state index contributed by atoms with van der Waals surface area (Å²) in [6.07, 6.45) is 0.741. The molecule has 1 heteroatoms. The van der Waals surface area contributed by atoms with Gasteiger partial charge in [0.25, 0.3) is 0 Å². The maximum Gasteiger partial charge on any atom is 0.0333 e. The third-order valence-electron chi connectivity index (χ3n) is 2.23. The molecule has 0 aliphatic heterocycles. The minimum absolute atomic E-state index is 0.595. The number of fused-ring (bicyclic) bond motifs is 1. The van der Waals surface area contributed by atoms with E-state index in [-0.39, 0.29) is 0 Å². The quantitative estimate of drug-likeness (QED) is 0.500. The average molecular weight is 215 g/mol. The fourth-order valence-electron chi connectivity index (χ4n) is 1.54. The summed E-state index contributed by atoms with van der Waals surface area (Å²) < 4.78 is 0. The summed E-state index contributed by atoms with van der Waals surface area (Å²) in [5, 5.41) is 2.44. The van der Waals surface area contributed by atoms with Crippen LogP contribution in [0, 0.1) is 11.8 Å². The number of halogens is 1. The first-order valence-electron chi connectivity index (χ1n) is 4.94. The minimum Gasteiger partial charge on any atom is -0.126 e. The SMILES string of the molecule is ClCCC#Cc1cccc2ccccc12. The summed E-state index contributed by atoms with van der Waals surface area (Å²) in [4.78, 5) is 0. The smallest absolute Gasteiger partial charge is 0.0333 e. The van der Waals surface area contributed by atoms with Gasteiger partial charge in [0, 0.05) is 17.9 Å². The lowest BCUT2D eigenvalue weighted by Crippen LogP contribution is -1.79. The Morgan fingerprint density at radius 3 is 2.67 bits per heavy atom. The van der Waals surface area contributed by atoms with Crippen molar-refractivity contribution in [1.82, 2.24) is 0 Å². The molecule has 0 bridgehead atoms. The van der Waals surface area contributed by atoms with Gasteiger partial charge >= 0.3 is 0 Å². The number of benzene rings is 2. The van der Waals surface area contributed by atoms with Crippen LogP contribution in [0.2, 0.25) is 0 Å². The largest absolute Gasteiger partial charge is 0.126 e. The van der Waals surface area contributed by atoms with Crippen molar-refractivity contribution in [3.63, 3.8) is 0 Å². The fourth-order valence-corrected chi connectivity index (χ4v) is 1.63. The predicted molar refractivity (Wildman–Crippen MR) is 66.2 cm³/mol. The molecule has 15 heavy (non-hydrogen) atoms. The van der Waals surface area contributed by atoms with Crippen molar-refractivity contribution in [2.45, 2.75) is 6.42 Å². The third kappa shape index (κ3) is 2.32. The number of hydrogen-bond acceptors (Lipinski definition) is 0. The van der Waals surface area contributed by atoms with Crippen molar-refractivity contribution >= 4 is 22.4 Å². The summed E-state index contributed by atoms with van der Waals surface area (Å²) >= 11 is 5.58. The molecule has 2 aromatic rings. The van der Waals surface area contributed by atoms with E-state index in [2.05, 4.69) is 30.0 Å². The van der Waals surface area contributed by atoms with Gasteiger partial charge < -0.3 is 0 Å². The van der Waals surface area contributed by atoms with Crippen molar-refractivity contribution in [3.8, 4) is 11.8 Å². The van der Waals surface area contributed by atoms with Gasteiger partial charge in [-0.25, -0.2) is 0 Å². The predicted octanol–water partition coefficient (Wildman–Crippen LogP) is 3.82. The maximum absolute atomic E-state index is 5.58. The van der Waals surface area contributed by atoms with Crippen LogP contribution in [-0.2, 0) is 0 Å². The molecule has 2 aromatic carbocycles. The molecule has 74 valence electrons. The Morgan fingerprint density at radius 1 is 1.00 bits per heavy atom. The van der Waals surface area contributed by atoms with Crippen molar-refractivity contribution in [3.05, 3.63) is 48.0 Å². The molecule has 0 aliphatic carbocycles. The fraction of sp³-hybridized carbons (Fsp3) is 0.143. The number of alkyl halides is 1. The zero-order valence-corrected chi connectivity index (χ0v) is 9.09. The molecule has 0 nitrogen and oxygen atoms in total. The van der Waals surface area contributed by atoms with Crippen LogP contribution >= 0.6 is 11.6 Å². The molecule has 2 rings (SSSR count). The van der Waals surface area contributed by atoms with E-state index in [0.717, 1.165) is 12.0 Å². The number of rotatable bonds is 1. The van der Waals surface area contributed by atoms with Crippen LogP contribution < -0.4 is 0 Å². The Hall–Kier alpha value is -1.45. The van der Waals surface area contributed by atoms with Crippen LogP contribution in [0.15, 0.2) is 42.5 Å². The van der Waals surface area contributed by atoms with E-state index in [9.17, 15) is 0 Å². The summed E-state index contributed by atoms with van der Waals surface area (Å²) in [5.74, 6) is 6.81. The first kappa shape index (κ1) is 10.1. The van der Waals surface area contributed by atoms with E-state index in [1.807, 2.05) is 24.3 Å². The van der Waals surface area contributed by atoms with E-state index in [4.69, 9.17) is 11.6 Å². The highest BCUT2D eigenvalue weighted by atomic mass is 35.5. The Balaban J connectivity index is 2.48. The van der Waals surface area contributed by atoms with E-state index in [1.54, 1.807) is 0 Å². The molecule has 0 atom stereocenters. The van der Waals surface area contributed by atoms with Crippen LogP contribution in [-0.4, -0.2) is 5.88 Å². The maximum atomic E-state index is 5.58. The van der Waals surface area contributed by atoms with Crippen molar-refractivity contribution in [2.75, 3.05) is 5.88 Å². The topological polar surface area (TPSA) is 0 Å². The van der Waals surface area contributed by atoms with Crippen LogP contribution in [0.1, 0.15) is 12.0 Å². The number of hydrogen-bond donors (Lipinski definition) is 0. The highest BCUT2D eigenvalue weighted by Gasteiger charge is 1.95. The molecule has 0 unspecified atom stereocenters. The first-order chi connectivity index (χ1) is 7.42. The van der Waals surface area contributed by atoms with E-state index in [1.165, 1.54) is 10.8 Å². The summed E-state index contributed by atoms with van der Waals surface area (Å²) in [7, 11) is 0. The molecular weight excluding hydrogens is 204 g/mol. The Labute approximate surface area is 94.9 Å². The first-order valence-corrected chi connectivity index (χ1v) is 5.48. The molecule has 0 saturated heterocycles. The lowest BCUT2D eigenvalue weighted by Gasteiger charge is -1.98. The molecule has 0 heterocycles. The Bertz CT molecular complexity index is 512. The van der Waals surface area contributed by atoms with Crippen molar-refractivity contribution in [1.29, 1.82) is 0 Å². The van der Waals surface area contributed by atoms with Gasteiger partial charge in [-0.3, -0.25) is 0 Å². The molecule has 0 fully saturated rings. The molecule has 0 radical (unpaired) electrons. The van der Waals surface area contributed by atoms with Crippen molar-refractivity contribution < 1.29 is 0 Å². The molecule has 0 N–H and O–H groups in total. The van der Waals surface area contributed by atoms with Gasteiger partial charge in [0.15, 0.2) is 0 Å². The van der Waals surface area contributed by atoms with Gasteiger partial charge in [-0.15, -0.1) is 11.6 Å². The summed E-state index contributed by atoms with van der Waals surface area (Å²) in [6.45, 7) is 0. The second-order valence-corrected chi connectivity index (χ2v) is 3.65. The zero-order valence-electron chi connectivity index (χ0n) is 8.33. The molecule has 0 aliphatic rings. The lowest BCUT2D eigenvalue weighted by molar-refractivity contribution is 1.29. The van der Waals surface area contributed by atoms with Gasteiger partial charge in [0.1, 0.15) is 0 Å². The highest BCUT2D eigenvalue weighted by molar-refractivity contribution is 6.18. The van der Waals surface area contributed by atoms with Crippen LogP contribution in [0.5, 0.6) is 0 Å². The van der Waals surface area contributed by atoms with Gasteiger partial charge in [-0.2, -0.15) is 0 Å². The van der Waals surface area contributed by atoms with Crippen LogP contribution in [0.3, 0.4) is 0 Å². The second kappa shape index (κ2) is 4.87. The minimum atomic E-state index is 0.595.